The molecule has 0 amide bonds. The van der Waals surface area contributed by atoms with Crippen molar-refractivity contribution in [1.29, 1.82) is 0 Å². The predicted molar refractivity (Wildman–Crippen MR) is 93.3 cm³/mol. The quantitative estimate of drug-likeness (QED) is 0.874. The zero-order valence-electron chi connectivity index (χ0n) is 13.2. The highest BCUT2D eigenvalue weighted by Crippen LogP contribution is 2.38. The lowest BCUT2D eigenvalue weighted by molar-refractivity contribution is 0.255. The van der Waals surface area contributed by atoms with Crippen LogP contribution in [0.4, 0.5) is 0 Å². The van der Waals surface area contributed by atoms with Crippen molar-refractivity contribution in [3.05, 3.63) is 22.7 Å². The highest BCUT2D eigenvalue weighted by atomic mass is 35.5. The van der Waals surface area contributed by atoms with E-state index in [0.717, 1.165) is 31.5 Å². The highest BCUT2D eigenvalue weighted by molar-refractivity contribution is 7.89. The first kappa shape index (κ1) is 18.8. The van der Waals surface area contributed by atoms with E-state index in [-0.39, 0.29) is 29.4 Å². The van der Waals surface area contributed by atoms with E-state index < -0.39 is 10.0 Å². The lowest BCUT2D eigenvalue weighted by Gasteiger charge is -2.31. The summed E-state index contributed by atoms with van der Waals surface area (Å²) in [7, 11) is -1.88. The number of benzene rings is 1. The zero-order chi connectivity index (χ0) is 15.9. The van der Waals surface area contributed by atoms with Crippen LogP contribution >= 0.6 is 24.0 Å². The minimum Gasteiger partial charge on any atom is -0.489 e. The summed E-state index contributed by atoms with van der Waals surface area (Å²) >= 11 is 6.22. The van der Waals surface area contributed by atoms with Gasteiger partial charge in [0.15, 0.2) is 0 Å². The number of fused-ring (bicyclic) bond motifs is 1. The summed E-state index contributed by atoms with van der Waals surface area (Å²) in [5.41, 5.74) is 0.872. The van der Waals surface area contributed by atoms with E-state index in [2.05, 4.69) is 5.32 Å². The van der Waals surface area contributed by atoms with Crippen LogP contribution in [0.5, 0.6) is 5.75 Å². The molecular weight excluding hydrogens is 359 g/mol. The monoisotopic (exact) mass is 380 g/mol. The number of sulfonamides is 1. The van der Waals surface area contributed by atoms with Crippen LogP contribution in [0.2, 0.25) is 5.02 Å². The number of halogens is 2. The molecule has 1 atom stereocenters. The van der Waals surface area contributed by atoms with Gasteiger partial charge in [-0.25, -0.2) is 8.42 Å². The number of rotatable bonds is 3. The maximum Gasteiger partial charge on any atom is 0.243 e. The average molecular weight is 381 g/mol. The van der Waals surface area contributed by atoms with Crippen LogP contribution in [-0.4, -0.2) is 45.0 Å². The molecule has 0 radical (unpaired) electrons. The largest absolute Gasteiger partial charge is 0.489 e. The van der Waals surface area contributed by atoms with Crippen LogP contribution in [0.25, 0.3) is 0 Å². The molecule has 0 bridgehead atoms. The molecule has 1 saturated heterocycles. The Bertz CT molecular complexity index is 676. The van der Waals surface area contributed by atoms with Crippen molar-refractivity contribution >= 4 is 34.0 Å². The van der Waals surface area contributed by atoms with E-state index in [1.807, 2.05) is 6.92 Å². The average Bonchev–Trinajstić information content (AvgIpc) is 2.88. The van der Waals surface area contributed by atoms with Gasteiger partial charge in [-0.15, -0.1) is 12.4 Å². The van der Waals surface area contributed by atoms with Crippen LogP contribution in [0.1, 0.15) is 25.3 Å². The van der Waals surface area contributed by atoms with E-state index in [1.54, 1.807) is 13.1 Å². The van der Waals surface area contributed by atoms with E-state index in [1.165, 1.54) is 10.4 Å². The Morgan fingerprint density at radius 2 is 1.96 bits per heavy atom. The topological polar surface area (TPSA) is 58.6 Å². The van der Waals surface area contributed by atoms with Crippen molar-refractivity contribution in [2.24, 2.45) is 0 Å². The van der Waals surface area contributed by atoms with E-state index in [4.69, 9.17) is 16.3 Å². The first-order valence-electron chi connectivity index (χ1n) is 7.57. The number of ether oxygens (including phenoxy) is 1. The van der Waals surface area contributed by atoms with Gasteiger partial charge >= 0.3 is 0 Å². The van der Waals surface area contributed by atoms with Crippen LogP contribution in [0.15, 0.2) is 17.0 Å². The van der Waals surface area contributed by atoms with Gasteiger partial charge in [-0.2, -0.15) is 4.31 Å². The van der Waals surface area contributed by atoms with E-state index >= 15 is 0 Å². The highest BCUT2D eigenvalue weighted by Gasteiger charge is 2.31. The molecule has 0 aliphatic carbocycles. The Kier molecular flexibility index (Phi) is 5.85. The van der Waals surface area contributed by atoms with Crippen LogP contribution in [-0.2, 0) is 16.4 Å². The molecule has 3 rings (SSSR count). The number of hydrogen-bond acceptors (Lipinski definition) is 4. The normalized spacial score (nSPS) is 21.7. The molecule has 5 nitrogen and oxygen atoms in total. The third kappa shape index (κ3) is 3.61. The number of nitrogens with zero attached hydrogens (tertiary/aromatic N) is 1. The summed E-state index contributed by atoms with van der Waals surface area (Å²) < 4.78 is 32.9. The van der Waals surface area contributed by atoms with Gasteiger partial charge in [0.05, 0.1) is 9.92 Å². The van der Waals surface area contributed by atoms with Gasteiger partial charge in [0.25, 0.3) is 0 Å². The number of nitrogens with one attached hydrogen (secondary N) is 1. The summed E-state index contributed by atoms with van der Waals surface area (Å²) in [6.45, 7) is 3.65. The standard InChI is InChI=1S/C15H21ClN2O3S.ClH/c1-10-7-11-8-13(9-14(16)15(11)21-10)22(19,20)18(2)12-3-5-17-6-4-12;/h8-10,12,17H,3-7H2,1-2H3;1H. The molecule has 2 aliphatic rings. The Labute approximate surface area is 148 Å². The molecule has 2 aliphatic heterocycles. The number of hydrogen-bond donors (Lipinski definition) is 1. The lowest BCUT2D eigenvalue weighted by atomic mass is 10.1. The molecule has 1 N–H and O–H groups in total. The summed E-state index contributed by atoms with van der Waals surface area (Å²) in [4.78, 5) is 0.259. The van der Waals surface area contributed by atoms with Gasteiger partial charge in [-0.05, 0) is 45.0 Å². The van der Waals surface area contributed by atoms with Crippen molar-refractivity contribution in [1.82, 2.24) is 9.62 Å². The van der Waals surface area contributed by atoms with Crippen molar-refractivity contribution in [2.45, 2.75) is 43.2 Å². The first-order chi connectivity index (χ1) is 10.4. The Balaban J connectivity index is 0.00000192. The van der Waals surface area contributed by atoms with Crippen molar-refractivity contribution in [2.75, 3.05) is 20.1 Å². The molecule has 1 aromatic carbocycles. The molecular formula is C15H22Cl2N2O3S. The maximum absolute atomic E-state index is 12.9. The van der Waals surface area contributed by atoms with Gasteiger partial charge in [0.2, 0.25) is 10.0 Å². The molecule has 2 heterocycles. The van der Waals surface area contributed by atoms with Gasteiger partial charge in [-0.1, -0.05) is 11.6 Å². The summed E-state index contributed by atoms with van der Waals surface area (Å²) in [6, 6.07) is 3.25. The lowest BCUT2D eigenvalue weighted by Crippen LogP contribution is -2.43. The zero-order valence-corrected chi connectivity index (χ0v) is 15.6. The van der Waals surface area contributed by atoms with E-state index in [0.29, 0.717) is 17.2 Å². The maximum atomic E-state index is 12.9. The third-order valence-corrected chi connectivity index (χ3v) is 6.59. The molecule has 8 heteroatoms. The molecule has 1 aromatic rings. The summed E-state index contributed by atoms with van der Waals surface area (Å²) in [6.07, 6.45) is 2.38. The van der Waals surface area contributed by atoms with Crippen molar-refractivity contribution < 1.29 is 13.2 Å². The van der Waals surface area contributed by atoms with Crippen LogP contribution in [0, 0.1) is 0 Å². The fourth-order valence-corrected chi connectivity index (χ4v) is 4.98. The molecule has 0 spiro atoms. The molecule has 130 valence electrons. The fraction of sp³-hybridized carbons (Fsp3) is 0.600. The Hall–Kier alpha value is -0.530. The SMILES string of the molecule is CC1Cc2cc(S(=O)(=O)N(C)C3CCNCC3)cc(Cl)c2O1.Cl. The smallest absolute Gasteiger partial charge is 0.243 e. The summed E-state index contributed by atoms with van der Waals surface area (Å²) in [5, 5.41) is 3.62. The van der Waals surface area contributed by atoms with Gasteiger partial charge in [0, 0.05) is 25.1 Å². The molecule has 1 fully saturated rings. The molecule has 0 saturated carbocycles. The van der Waals surface area contributed by atoms with Crippen LogP contribution < -0.4 is 10.1 Å². The first-order valence-corrected chi connectivity index (χ1v) is 9.39. The summed E-state index contributed by atoms with van der Waals surface area (Å²) in [5.74, 6) is 0.623. The van der Waals surface area contributed by atoms with E-state index in [9.17, 15) is 8.42 Å². The minimum atomic E-state index is -3.53. The third-order valence-electron chi connectivity index (χ3n) is 4.42. The molecule has 23 heavy (non-hydrogen) atoms. The van der Waals surface area contributed by atoms with Gasteiger partial charge in [0.1, 0.15) is 11.9 Å². The molecule has 0 aromatic heterocycles. The molecule has 1 unspecified atom stereocenters. The van der Waals surface area contributed by atoms with Gasteiger partial charge < -0.3 is 10.1 Å². The fourth-order valence-electron chi connectivity index (χ4n) is 3.14. The second kappa shape index (κ2) is 7.15. The van der Waals surface area contributed by atoms with Crippen molar-refractivity contribution in [3.63, 3.8) is 0 Å². The van der Waals surface area contributed by atoms with Gasteiger partial charge in [-0.3, -0.25) is 0 Å². The Morgan fingerprint density at radius 3 is 2.61 bits per heavy atom. The Morgan fingerprint density at radius 1 is 1.30 bits per heavy atom. The number of piperidine rings is 1. The van der Waals surface area contributed by atoms with Crippen molar-refractivity contribution in [3.8, 4) is 5.75 Å². The minimum absolute atomic E-state index is 0. The predicted octanol–water partition coefficient (Wildman–Crippen LogP) is 2.46. The second-order valence-electron chi connectivity index (χ2n) is 6.03. The second-order valence-corrected chi connectivity index (χ2v) is 8.43. The van der Waals surface area contributed by atoms with Crippen LogP contribution in [0.3, 0.4) is 0 Å².